The van der Waals surface area contributed by atoms with E-state index >= 15 is 0 Å². The van der Waals surface area contributed by atoms with Gasteiger partial charge in [0.25, 0.3) is 10.1 Å². The van der Waals surface area contributed by atoms with Crippen LogP contribution in [0, 0.1) is 0 Å². The first-order valence-corrected chi connectivity index (χ1v) is 10.1. The van der Waals surface area contributed by atoms with Crippen LogP contribution in [0.1, 0.15) is 0 Å². The summed E-state index contributed by atoms with van der Waals surface area (Å²) in [7, 11) is -1.02. The first kappa shape index (κ1) is 21.4. The summed E-state index contributed by atoms with van der Waals surface area (Å²) in [5.74, 6) is 0.126. The Morgan fingerprint density at radius 2 is 1.66 bits per heavy atom. The molecule has 5 atom stereocenters. The second-order valence-electron chi connectivity index (χ2n) is 6.83. The molecule has 0 aliphatic carbocycles. The Hall–Kier alpha value is -2.28. The van der Waals surface area contributed by atoms with Gasteiger partial charge in [0.05, 0.1) is 6.20 Å². The minimum Gasteiger partial charge on any atom is -0.460 e. The maximum Gasteiger partial charge on any atom is 0.295 e. The topological polar surface area (TPSA) is 150 Å². The zero-order valence-corrected chi connectivity index (χ0v) is 16.5. The number of nitrogens with zero attached hydrogens (tertiary/aromatic N) is 2. The highest BCUT2D eigenvalue weighted by Gasteiger charge is 2.50. The molecule has 0 radical (unpaired) electrons. The zero-order valence-electron chi connectivity index (χ0n) is 15.7. The highest BCUT2D eigenvalue weighted by atomic mass is 32.2. The van der Waals surface area contributed by atoms with Gasteiger partial charge in [0.2, 0.25) is 11.7 Å². The van der Waals surface area contributed by atoms with Crippen molar-refractivity contribution < 1.29 is 37.8 Å². The van der Waals surface area contributed by atoms with Gasteiger partial charge in [0.15, 0.2) is 0 Å². The van der Waals surface area contributed by atoms with Crippen molar-refractivity contribution in [2.75, 3.05) is 19.0 Å². The van der Waals surface area contributed by atoms with E-state index < -0.39 is 40.2 Å². The molecule has 1 fully saturated rings. The predicted molar refractivity (Wildman–Crippen MR) is 103 cm³/mol. The van der Waals surface area contributed by atoms with E-state index in [1.165, 1.54) is 6.20 Å². The fraction of sp³-hybridized carbons (Fsp3) is 0.389. The molecule has 29 heavy (non-hydrogen) atoms. The Balaban J connectivity index is 1.82. The number of ether oxygens (including phenoxy) is 2. The Morgan fingerprint density at radius 3 is 2.24 bits per heavy atom. The third-order valence-corrected chi connectivity index (χ3v) is 5.48. The highest BCUT2D eigenvalue weighted by molar-refractivity contribution is 7.86. The van der Waals surface area contributed by atoms with Gasteiger partial charge >= 0.3 is 0 Å². The Morgan fingerprint density at radius 1 is 1.00 bits per heavy atom. The second-order valence-corrected chi connectivity index (χ2v) is 8.32. The molecule has 3 rings (SSSR count). The van der Waals surface area contributed by atoms with Crippen LogP contribution in [-0.4, -0.2) is 77.4 Å². The van der Waals surface area contributed by atoms with Crippen molar-refractivity contribution in [2.24, 2.45) is 0 Å². The molecule has 11 heteroatoms. The third-order valence-electron chi connectivity index (χ3n) is 4.50. The number of hydrogen-bond donors (Lipinski definition) is 4. The molecule has 4 N–H and O–H groups in total. The fourth-order valence-electron chi connectivity index (χ4n) is 2.89. The van der Waals surface area contributed by atoms with Crippen molar-refractivity contribution in [1.29, 1.82) is 0 Å². The smallest absolute Gasteiger partial charge is 0.295 e. The Kier molecular flexibility index (Phi) is 6.08. The lowest BCUT2D eigenvalue weighted by Gasteiger charge is -2.38. The van der Waals surface area contributed by atoms with Crippen LogP contribution in [0.15, 0.2) is 42.7 Å². The average Bonchev–Trinajstić information content (AvgIpc) is 2.67. The molecule has 1 saturated heterocycles. The fourth-order valence-corrected chi connectivity index (χ4v) is 3.65. The number of benzene rings is 1. The second kappa shape index (κ2) is 8.22. The van der Waals surface area contributed by atoms with Crippen LogP contribution in [0.3, 0.4) is 0 Å². The number of anilines is 1. The first-order chi connectivity index (χ1) is 13.6. The molecule has 10 nitrogen and oxygen atoms in total. The molecule has 2 heterocycles. The zero-order chi connectivity index (χ0) is 21.3. The van der Waals surface area contributed by atoms with Gasteiger partial charge in [-0.3, -0.25) is 9.54 Å². The minimum absolute atomic E-state index is 0.126. The van der Waals surface area contributed by atoms with Crippen molar-refractivity contribution >= 4 is 15.8 Å². The van der Waals surface area contributed by atoms with Crippen LogP contribution in [0.2, 0.25) is 0 Å². The van der Waals surface area contributed by atoms with Crippen molar-refractivity contribution in [3.05, 3.63) is 42.7 Å². The SMILES string of the molecule is CN(C)c1ccc(-c2cncc(O[C@@H]3OC(S(=O)(=O)O)[C@@H](O)[C@H](O)[C@H]3O)c2)cc1. The van der Waals surface area contributed by atoms with Crippen molar-refractivity contribution in [3.63, 3.8) is 0 Å². The van der Waals surface area contributed by atoms with E-state index in [9.17, 15) is 28.3 Å². The van der Waals surface area contributed by atoms with Crippen molar-refractivity contribution in [3.8, 4) is 16.9 Å². The van der Waals surface area contributed by atoms with Crippen LogP contribution in [0.25, 0.3) is 11.1 Å². The van der Waals surface area contributed by atoms with Gasteiger partial charge in [-0.1, -0.05) is 12.1 Å². The highest BCUT2D eigenvalue weighted by Crippen LogP contribution is 2.29. The molecule has 0 saturated carbocycles. The summed E-state index contributed by atoms with van der Waals surface area (Å²) in [6.45, 7) is 0. The van der Waals surface area contributed by atoms with Crippen LogP contribution < -0.4 is 9.64 Å². The van der Waals surface area contributed by atoms with Gasteiger partial charge < -0.3 is 29.7 Å². The van der Waals surface area contributed by atoms with Crippen LogP contribution >= 0.6 is 0 Å². The van der Waals surface area contributed by atoms with Crippen LogP contribution in [0.5, 0.6) is 5.75 Å². The molecule has 1 aromatic heterocycles. The lowest BCUT2D eigenvalue weighted by atomic mass is 10.1. The number of pyridine rings is 1. The van der Waals surface area contributed by atoms with Gasteiger partial charge in [-0.15, -0.1) is 0 Å². The maximum absolute atomic E-state index is 11.4. The lowest BCUT2D eigenvalue weighted by Crippen LogP contribution is -2.61. The van der Waals surface area contributed by atoms with Gasteiger partial charge in [-0.05, 0) is 23.8 Å². The summed E-state index contributed by atoms with van der Waals surface area (Å²) in [6.07, 6.45) is -4.46. The molecule has 0 bridgehead atoms. The van der Waals surface area contributed by atoms with Gasteiger partial charge in [0.1, 0.15) is 24.1 Å². The van der Waals surface area contributed by atoms with Crippen molar-refractivity contribution in [1.82, 2.24) is 4.98 Å². The first-order valence-electron chi connectivity index (χ1n) is 8.63. The normalized spacial score (nSPS) is 27.4. The minimum atomic E-state index is -4.86. The quantitative estimate of drug-likeness (QED) is 0.475. The summed E-state index contributed by atoms with van der Waals surface area (Å²) in [5.41, 5.74) is 0.368. The van der Waals surface area contributed by atoms with Crippen LogP contribution in [-0.2, 0) is 14.9 Å². The lowest BCUT2D eigenvalue weighted by molar-refractivity contribution is -0.254. The van der Waals surface area contributed by atoms with Gasteiger partial charge in [-0.25, -0.2) is 0 Å². The molecule has 0 spiro atoms. The molecule has 0 amide bonds. The number of aliphatic hydroxyl groups is 3. The van der Waals surface area contributed by atoms with E-state index in [0.717, 1.165) is 11.3 Å². The summed E-state index contributed by atoms with van der Waals surface area (Å²) in [6, 6.07) is 9.21. The Labute approximate surface area is 167 Å². The molecule has 1 aromatic carbocycles. The summed E-state index contributed by atoms with van der Waals surface area (Å²) in [5, 5.41) is 29.7. The molecular weight excluding hydrogens is 404 g/mol. The van der Waals surface area contributed by atoms with Crippen molar-refractivity contribution in [2.45, 2.75) is 30.0 Å². The molecule has 1 unspecified atom stereocenters. The maximum atomic E-state index is 11.4. The van der Waals surface area contributed by atoms with E-state index in [1.807, 2.05) is 43.3 Å². The molecular formula is C18H22N2O8S. The number of aliphatic hydroxyl groups excluding tert-OH is 3. The molecule has 2 aromatic rings. The average molecular weight is 426 g/mol. The van der Waals surface area contributed by atoms with Gasteiger partial charge in [-0.2, -0.15) is 8.42 Å². The largest absolute Gasteiger partial charge is 0.460 e. The number of hydrogen-bond acceptors (Lipinski definition) is 9. The summed E-state index contributed by atoms with van der Waals surface area (Å²) < 4.78 is 42.3. The number of aromatic nitrogens is 1. The summed E-state index contributed by atoms with van der Waals surface area (Å²) >= 11 is 0. The molecule has 1 aliphatic rings. The Bertz CT molecular complexity index is 951. The standard InChI is InChI=1S/C18H22N2O8S/c1-20(2)12-5-3-10(4-6-12)11-7-13(9-19-8-11)27-17-15(22)14(21)16(23)18(28-17)29(24,25)26/h3-9,14-18,21-23H,1-2H3,(H,24,25,26)/t14-,15-,16+,17-,18?/m1/s1. The third kappa shape index (κ3) is 4.66. The summed E-state index contributed by atoms with van der Waals surface area (Å²) in [4.78, 5) is 6.01. The van der Waals surface area contributed by atoms with E-state index in [4.69, 9.17) is 9.47 Å². The predicted octanol–water partition coefficient (Wildman–Crippen LogP) is -0.154. The van der Waals surface area contributed by atoms with E-state index in [2.05, 4.69) is 4.98 Å². The molecule has 1 aliphatic heterocycles. The van der Waals surface area contributed by atoms with Gasteiger partial charge in [0, 0.05) is 31.5 Å². The monoisotopic (exact) mass is 426 g/mol. The van der Waals surface area contributed by atoms with E-state index in [-0.39, 0.29) is 5.75 Å². The van der Waals surface area contributed by atoms with E-state index in [0.29, 0.717) is 5.56 Å². The van der Waals surface area contributed by atoms with E-state index in [1.54, 1.807) is 12.3 Å². The number of rotatable bonds is 5. The molecule has 158 valence electrons. The van der Waals surface area contributed by atoms with Crippen LogP contribution in [0.4, 0.5) is 5.69 Å².